The molecule has 1 heterocycles. The number of nitrogens with zero attached hydrogens (tertiary/aromatic N) is 1. The van der Waals surface area contributed by atoms with Crippen LogP contribution in [0.15, 0.2) is 0 Å². The van der Waals surface area contributed by atoms with Gasteiger partial charge in [0.05, 0.1) is 6.54 Å². The fourth-order valence-corrected chi connectivity index (χ4v) is 2.95. The summed E-state index contributed by atoms with van der Waals surface area (Å²) in [4.78, 5) is 12.7. The molecule has 0 aromatic heterocycles. The normalized spacial score (nSPS) is 20.7. The third-order valence-corrected chi connectivity index (χ3v) is 3.44. The second kappa shape index (κ2) is 5.50. The second-order valence-corrected chi connectivity index (χ2v) is 4.85. The van der Waals surface area contributed by atoms with E-state index in [4.69, 9.17) is 5.11 Å². The van der Waals surface area contributed by atoms with E-state index in [-0.39, 0.29) is 6.54 Å². The molecule has 1 N–H and O–H groups in total. The van der Waals surface area contributed by atoms with Crippen molar-refractivity contribution >= 4 is 5.97 Å². The molecule has 3 heteroatoms. The Morgan fingerprint density at radius 1 is 1.33 bits per heavy atom. The zero-order valence-corrected chi connectivity index (χ0v) is 9.96. The van der Waals surface area contributed by atoms with Gasteiger partial charge in [-0.15, -0.1) is 0 Å². The van der Waals surface area contributed by atoms with Gasteiger partial charge in [-0.3, -0.25) is 9.69 Å². The maximum absolute atomic E-state index is 10.6. The molecule has 0 aromatic carbocycles. The van der Waals surface area contributed by atoms with Gasteiger partial charge in [-0.25, -0.2) is 0 Å². The third-order valence-electron chi connectivity index (χ3n) is 3.44. The van der Waals surface area contributed by atoms with Gasteiger partial charge in [0.25, 0.3) is 0 Å². The van der Waals surface area contributed by atoms with E-state index in [9.17, 15) is 4.79 Å². The van der Waals surface area contributed by atoms with Crippen molar-refractivity contribution in [2.24, 2.45) is 5.41 Å². The van der Waals surface area contributed by atoms with Crippen LogP contribution in [-0.2, 0) is 4.79 Å². The summed E-state index contributed by atoms with van der Waals surface area (Å²) in [6.45, 7) is 6.61. The number of carboxylic acids is 1. The van der Waals surface area contributed by atoms with Crippen LogP contribution >= 0.6 is 0 Å². The Morgan fingerprint density at radius 2 is 1.93 bits per heavy atom. The fourth-order valence-electron chi connectivity index (χ4n) is 2.95. The Bertz CT molecular complexity index is 210. The molecule has 3 nitrogen and oxygen atoms in total. The van der Waals surface area contributed by atoms with Crippen molar-refractivity contribution in [3.05, 3.63) is 0 Å². The first kappa shape index (κ1) is 12.5. The summed E-state index contributed by atoms with van der Waals surface area (Å²) >= 11 is 0. The molecule has 0 amide bonds. The standard InChI is InChI=1S/C12H23NO2/c1-3-5-12(6-4-2)7-8-13(10-12)9-11(14)15/h3-10H2,1-2H3,(H,14,15). The van der Waals surface area contributed by atoms with Crippen LogP contribution in [-0.4, -0.2) is 35.6 Å². The molecule has 0 radical (unpaired) electrons. The topological polar surface area (TPSA) is 40.5 Å². The monoisotopic (exact) mass is 213 g/mol. The summed E-state index contributed by atoms with van der Waals surface area (Å²) in [6.07, 6.45) is 6.09. The predicted octanol–water partition coefficient (Wildman–Crippen LogP) is 2.36. The maximum Gasteiger partial charge on any atom is 0.317 e. The van der Waals surface area contributed by atoms with Crippen molar-refractivity contribution in [2.75, 3.05) is 19.6 Å². The number of carbonyl (C=O) groups is 1. The molecule has 1 rings (SSSR count). The molecule has 0 bridgehead atoms. The highest BCUT2D eigenvalue weighted by molar-refractivity contribution is 5.69. The van der Waals surface area contributed by atoms with Crippen molar-refractivity contribution in [1.82, 2.24) is 4.90 Å². The highest BCUT2D eigenvalue weighted by Crippen LogP contribution is 2.39. The van der Waals surface area contributed by atoms with Crippen molar-refractivity contribution < 1.29 is 9.90 Å². The van der Waals surface area contributed by atoms with Gasteiger partial charge in [-0.05, 0) is 31.2 Å². The van der Waals surface area contributed by atoms with Crippen molar-refractivity contribution in [2.45, 2.75) is 46.0 Å². The summed E-state index contributed by atoms with van der Waals surface area (Å²) in [6, 6.07) is 0. The average molecular weight is 213 g/mol. The van der Waals surface area contributed by atoms with Crippen LogP contribution in [0.4, 0.5) is 0 Å². The number of carboxylic acid groups (broad SMARTS) is 1. The lowest BCUT2D eigenvalue weighted by Gasteiger charge is -2.28. The minimum atomic E-state index is -0.696. The Balaban J connectivity index is 2.50. The zero-order chi connectivity index (χ0) is 11.3. The summed E-state index contributed by atoms with van der Waals surface area (Å²) in [7, 11) is 0. The molecule has 0 aliphatic carbocycles. The Kier molecular flexibility index (Phi) is 4.58. The molecule has 0 saturated carbocycles. The summed E-state index contributed by atoms with van der Waals surface area (Å²) in [5.74, 6) is -0.696. The first-order valence-corrected chi connectivity index (χ1v) is 6.06. The zero-order valence-electron chi connectivity index (χ0n) is 9.96. The van der Waals surface area contributed by atoms with Gasteiger partial charge in [0.1, 0.15) is 0 Å². The first-order valence-electron chi connectivity index (χ1n) is 6.06. The number of hydrogen-bond donors (Lipinski definition) is 1. The van der Waals surface area contributed by atoms with Gasteiger partial charge >= 0.3 is 5.97 Å². The molecule has 1 aliphatic heterocycles. The quantitative estimate of drug-likeness (QED) is 0.736. The number of rotatable bonds is 6. The molecule has 0 aromatic rings. The van der Waals surface area contributed by atoms with Gasteiger partial charge in [-0.2, -0.15) is 0 Å². The lowest BCUT2D eigenvalue weighted by Crippen LogP contribution is -2.31. The van der Waals surface area contributed by atoms with Crippen LogP contribution in [0.2, 0.25) is 0 Å². The molecule has 0 unspecified atom stereocenters. The Morgan fingerprint density at radius 3 is 2.40 bits per heavy atom. The van der Waals surface area contributed by atoms with Crippen LogP contribution in [0.3, 0.4) is 0 Å². The highest BCUT2D eigenvalue weighted by Gasteiger charge is 2.36. The van der Waals surface area contributed by atoms with Gasteiger partial charge in [0.2, 0.25) is 0 Å². The van der Waals surface area contributed by atoms with E-state index in [1.54, 1.807) is 0 Å². The summed E-state index contributed by atoms with van der Waals surface area (Å²) in [5, 5.41) is 8.76. The molecular weight excluding hydrogens is 190 g/mol. The van der Waals surface area contributed by atoms with E-state index >= 15 is 0 Å². The molecule has 0 spiro atoms. The molecule has 1 fully saturated rings. The Hall–Kier alpha value is -0.570. The smallest absolute Gasteiger partial charge is 0.317 e. The van der Waals surface area contributed by atoms with Gasteiger partial charge in [0.15, 0.2) is 0 Å². The summed E-state index contributed by atoms with van der Waals surface area (Å²) in [5.41, 5.74) is 0.416. The largest absolute Gasteiger partial charge is 0.480 e. The van der Waals surface area contributed by atoms with E-state index in [0.717, 1.165) is 13.1 Å². The van der Waals surface area contributed by atoms with E-state index in [1.807, 2.05) is 0 Å². The average Bonchev–Trinajstić information content (AvgIpc) is 2.49. The SMILES string of the molecule is CCCC1(CCC)CCN(CC(=O)O)C1. The van der Waals surface area contributed by atoms with E-state index in [1.165, 1.54) is 32.1 Å². The third kappa shape index (κ3) is 3.49. The van der Waals surface area contributed by atoms with Gasteiger partial charge < -0.3 is 5.11 Å². The molecule has 0 atom stereocenters. The lowest BCUT2D eigenvalue weighted by atomic mass is 9.79. The van der Waals surface area contributed by atoms with Crippen molar-refractivity contribution in [3.8, 4) is 0 Å². The van der Waals surface area contributed by atoms with Crippen LogP contribution in [0, 0.1) is 5.41 Å². The highest BCUT2D eigenvalue weighted by atomic mass is 16.4. The van der Waals surface area contributed by atoms with Crippen LogP contribution in [0.5, 0.6) is 0 Å². The van der Waals surface area contributed by atoms with Crippen molar-refractivity contribution in [3.63, 3.8) is 0 Å². The van der Waals surface area contributed by atoms with Crippen molar-refractivity contribution in [1.29, 1.82) is 0 Å². The Labute approximate surface area is 92.5 Å². The predicted molar refractivity (Wildman–Crippen MR) is 60.9 cm³/mol. The fraction of sp³-hybridized carbons (Fsp3) is 0.917. The van der Waals surface area contributed by atoms with E-state index in [2.05, 4.69) is 18.7 Å². The molecule has 88 valence electrons. The molecule has 1 saturated heterocycles. The maximum atomic E-state index is 10.6. The molecular formula is C12H23NO2. The van der Waals surface area contributed by atoms with Gasteiger partial charge in [-0.1, -0.05) is 26.7 Å². The number of likely N-dealkylation sites (tertiary alicyclic amines) is 1. The van der Waals surface area contributed by atoms with Crippen LogP contribution < -0.4 is 0 Å². The number of hydrogen-bond acceptors (Lipinski definition) is 2. The first-order chi connectivity index (χ1) is 7.12. The van der Waals surface area contributed by atoms with Gasteiger partial charge in [0, 0.05) is 6.54 Å². The number of aliphatic carboxylic acids is 1. The minimum Gasteiger partial charge on any atom is -0.480 e. The van der Waals surface area contributed by atoms with Crippen LogP contribution in [0.25, 0.3) is 0 Å². The van der Waals surface area contributed by atoms with E-state index < -0.39 is 5.97 Å². The van der Waals surface area contributed by atoms with E-state index in [0.29, 0.717) is 5.41 Å². The molecule has 15 heavy (non-hydrogen) atoms. The minimum absolute atomic E-state index is 0.217. The van der Waals surface area contributed by atoms with Crippen LogP contribution in [0.1, 0.15) is 46.0 Å². The second-order valence-electron chi connectivity index (χ2n) is 4.85. The molecule has 1 aliphatic rings. The lowest BCUT2D eigenvalue weighted by molar-refractivity contribution is -0.138. The summed E-state index contributed by atoms with van der Waals surface area (Å²) < 4.78 is 0.